The van der Waals surface area contributed by atoms with Crippen LogP contribution in [0.15, 0.2) is 28.7 Å². The Bertz CT molecular complexity index is 796. The number of carbonyl (C=O) groups is 2. The molecule has 1 aromatic rings. The molecule has 1 aromatic carbocycles. The van der Waals surface area contributed by atoms with E-state index in [2.05, 4.69) is 15.9 Å². The van der Waals surface area contributed by atoms with Crippen molar-refractivity contribution in [1.29, 1.82) is 0 Å². The Balaban J connectivity index is 1.87. The number of nitrogens with zero attached hydrogens (tertiary/aromatic N) is 2. The summed E-state index contributed by atoms with van der Waals surface area (Å²) in [5.74, 6) is -1.16. The lowest BCUT2D eigenvalue weighted by atomic mass is 10.2. The molecular formula is C18H25BrN2O5S. The number of ether oxygens (including phenoxy) is 1. The lowest BCUT2D eigenvalue weighted by molar-refractivity contribution is -0.130. The fourth-order valence-electron chi connectivity index (χ4n) is 2.68. The Kier molecular flexibility index (Phi) is 6.91. The third kappa shape index (κ3) is 7.14. The summed E-state index contributed by atoms with van der Waals surface area (Å²) in [4.78, 5) is 27.4. The van der Waals surface area contributed by atoms with Crippen LogP contribution < -0.4 is 0 Å². The lowest BCUT2D eigenvalue weighted by Crippen LogP contribution is -2.52. The Labute approximate surface area is 168 Å². The average molecular weight is 461 g/mol. The van der Waals surface area contributed by atoms with Gasteiger partial charge in [0, 0.05) is 30.7 Å². The zero-order chi connectivity index (χ0) is 20.2. The molecule has 0 radical (unpaired) electrons. The van der Waals surface area contributed by atoms with E-state index >= 15 is 0 Å². The van der Waals surface area contributed by atoms with E-state index in [9.17, 15) is 18.0 Å². The number of carbonyl (C=O) groups excluding carboxylic acids is 2. The van der Waals surface area contributed by atoms with Crippen molar-refractivity contribution >= 4 is 37.8 Å². The minimum absolute atomic E-state index is 0.184. The number of amides is 2. The molecule has 0 saturated carbocycles. The molecule has 150 valence electrons. The third-order valence-corrected chi connectivity index (χ3v) is 5.86. The van der Waals surface area contributed by atoms with E-state index in [-0.39, 0.29) is 5.75 Å². The zero-order valence-corrected chi connectivity index (χ0v) is 18.2. The minimum Gasteiger partial charge on any atom is -0.444 e. The van der Waals surface area contributed by atoms with Gasteiger partial charge in [-0.15, -0.1) is 0 Å². The van der Waals surface area contributed by atoms with Crippen LogP contribution in [0.5, 0.6) is 0 Å². The molecule has 1 fully saturated rings. The summed E-state index contributed by atoms with van der Waals surface area (Å²) in [5.41, 5.74) is 0.0526. The Morgan fingerprint density at radius 2 is 1.70 bits per heavy atom. The molecular weight excluding hydrogens is 436 g/mol. The summed E-state index contributed by atoms with van der Waals surface area (Å²) in [6, 6.07) is 7.01. The summed E-state index contributed by atoms with van der Waals surface area (Å²) in [6.07, 6.45) is -0.420. The molecule has 27 heavy (non-hydrogen) atoms. The molecule has 0 bridgehead atoms. The first-order valence-electron chi connectivity index (χ1n) is 8.66. The van der Waals surface area contributed by atoms with Crippen LogP contribution in [0.1, 0.15) is 26.3 Å². The van der Waals surface area contributed by atoms with Crippen LogP contribution in [0, 0.1) is 0 Å². The van der Waals surface area contributed by atoms with E-state index in [1.165, 1.54) is 9.80 Å². The Hall–Kier alpha value is -1.61. The van der Waals surface area contributed by atoms with Crippen LogP contribution in [-0.4, -0.2) is 67.8 Å². The van der Waals surface area contributed by atoms with Gasteiger partial charge in [-0.3, -0.25) is 4.79 Å². The standard InChI is InChI=1S/C18H25BrN2O5S/c1-18(2,3)26-17(23)21-9-7-20(8-10-21)16(22)13-27(24,25)12-14-5-4-6-15(19)11-14/h4-6,11H,7-10,12-13H2,1-3H3. The molecule has 1 aliphatic rings. The van der Waals surface area contributed by atoms with Crippen LogP contribution in [0.3, 0.4) is 0 Å². The first kappa shape index (κ1) is 21.7. The van der Waals surface area contributed by atoms with Crippen molar-refractivity contribution in [3.8, 4) is 0 Å². The summed E-state index contributed by atoms with van der Waals surface area (Å²) in [5, 5.41) is 0. The summed E-state index contributed by atoms with van der Waals surface area (Å²) >= 11 is 3.31. The smallest absolute Gasteiger partial charge is 0.410 e. The van der Waals surface area contributed by atoms with Crippen molar-refractivity contribution in [3.63, 3.8) is 0 Å². The van der Waals surface area contributed by atoms with Crippen molar-refractivity contribution in [3.05, 3.63) is 34.3 Å². The second-order valence-electron chi connectivity index (χ2n) is 7.51. The quantitative estimate of drug-likeness (QED) is 0.688. The van der Waals surface area contributed by atoms with E-state index in [0.29, 0.717) is 31.7 Å². The van der Waals surface area contributed by atoms with E-state index < -0.39 is 33.2 Å². The van der Waals surface area contributed by atoms with Crippen LogP contribution in [0.4, 0.5) is 4.79 Å². The van der Waals surface area contributed by atoms with Crippen LogP contribution >= 0.6 is 15.9 Å². The number of piperazine rings is 1. The van der Waals surface area contributed by atoms with Crippen molar-refractivity contribution in [2.75, 3.05) is 31.9 Å². The molecule has 0 N–H and O–H groups in total. The molecule has 1 heterocycles. The molecule has 1 saturated heterocycles. The lowest BCUT2D eigenvalue weighted by Gasteiger charge is -2.35. The monoisotopic (exact) mass is 460 g/mol. The van der Waals surface area contributed by atoms with Crippen molar-refractivity contribution in [2.45, 2.75) is 32.1 Å². The van der Waals surface area contributed by atoms with E-state index in [1.54, 1.807) is 39.0 Å². The fourth-order valence-corrected chi connectivity index (χ4v) is 4.47. The zero-order valence-electron chi connectivity index (χ0n) is 15.8. The van der Waals surface area contributed by atoms with Gasteiger partial charge in [0.05, 0.1) is 5.75 Å². The van der Waals surface area contributed by atoms with Gasteiger partial charge in [0.1, 0.15) is 11.4 Å². The number of hydrogen-bond donors (Lipinski definition) is 0. The molecule has 0 spiro atoms. The molecule has 2 amide bonds. The van der Waals surface area contributed by atoms with E-state index in [4.69, 9.17) is 4.74 Å². The highest BCUT2D eigenvalue weighted by Crippen LogP contribution is 2.15. The Morgan fingerprint density at radius 3 is 2.26 bits per heavy atom. The van der Waals surface area contributed by atoms with Crippen LogP contribution in [0.2, 0.25) is 0 Å². The highest BCUT2D eigenvalue weighted by atomic mass is 79.9. The molecule has 1 aliphatic heterocycles. The van der Waals surface area contributed by atoms with Gasteiger partial charge in [0.25, 0.3) is 0 Å². The van der Waals surface area contributed by atoms with Gasteiger partial charge in [0.15, 0.2) is 9.84 Å². The highest BCUT2D eigenvalue weighted by Gasteiger charge is 2.29. The third-order valence-electron chi connectivity index (χ3n) is 3.90. The Morgan fingerprint density at radius 1 is 1.11 bits per heavy atom. The normalized spacial score (nSPS) is 15.6. The second-order valence-corrected chi connectivity index (χ2v) is 10.5. The van der Waals surface area contributed by atoms with Gasteiger partial charge in [0.2, 0.25) is 5.91 Å². The van der Waals surface area contributed by atoms with Gasteiger partial charge in [-0.1, -0.05) is 28.1 Å². The average Bonchev–Trinajstić information content (AvgIpc) is 2.52. The molecule has 0 aromatic heterocycles. The maximum atomic E-state index is 12.4. The molecule has 0 atom stereocenters. The maximum Gasteiger partial charge on any atom is 0.410 e. The van der Waals surface area contributed by atoms with Crippen molar-refractivity contribution < 1.29 is 22.7 Å². The minimum atomic E-state index is -3.57. The maximum absolute atomic E-state index is 12.4. The first-order chi connectivity index (χ1) is 12.5. The topological polar surface area (TPSA) is 84.0 Å². The van der Waals surface area contributed by atoms with Gasteiger partial charge in [-0.25, -0.2) is 13.2 Å². The molecule has 9 heteroatoms. The predicted molar refractivity (Wildman–Crippen MR) is 106 cm³/mol. The van der Waals surface area contributed by atoms with Gasteiger partial charge in [-0.05, 0) is 38.5 Å². The largest absolute Gasteiger partial charge is 0.444 e. The molecule has 7 nitrogen and oxygen atoms in total. The second kappa shape index (κ2) is 8.60. The van der Waals surface area contributed by atoms with Gasteiger partial charge in [-0.2, -0.15) is 0 Å². The molecule has 0 unspecified atom stereocenters. The number of halogens is 1. The van der Waals surface area contributed by atoms with Gasteiger partial charge >= 0.3 is 6.09 Å². The fraction of sp³-hybridized carbons (Fsp3) is 0.556. The summed E-state index contributed by atoms with van der Waals surface area (Å²) in [6.45, 7) is 6.62. The summed E-state index contributed by atoms with van der Waals surface area (Å²) in [7, 11) is -3.57. The van der Waals surface area contributed by atoms with Crippen LogP contribution in [0.25, 0.3) is 0 Å². The van der Waals surface area contributed by atoms with E-state index in [1.807, 2.05) is 6.07 Å². The predicted octanol–water partition coefficient (Wildman–Crippen LogP) is 2.44. The molecule has 0 aliphatic carbocycles. The van der Waals surface area contributed by atoms with E-state index in [0.717, 1.165) is 4.47 Å². The van der Waals surface area contributed by atoms with Gasteiger partial charge < -0.3 is 14.5 Å². The number of rotatable bonds is 4. The highest BCUT2D eigenvalue weighted by molar-refractivity contribution is 9.10. The van der Waals surface area contributed by atoms with Crippen molar-refractivity contribution in [1.82, 2.24) is 9.80 Å². The first-order valence-corrected chi connectivity index (χ1v) is 11.3. The number of sulfone groups is 1. The SMILES string of the molecule is CC(C)(C)OC(=O)N1CCN(C(=O)CS(=O)(=O)Cc2cccc(Br)c2)CC1. The van der Waals surface area contributed by atoms with Crippen molar-refractivity contribution in [2.24, 2.45) is 0 Å². The number of hydrogen-bond acceptors (Lipinski definition) is 5. The molecule has 2 rings (SSSR count). The summed E-state index contributed by atoms with van der Waals surface area (Å²) < 4.78 is 30.8. The van der Waals surface area contributed by atoms with Crippen LogP contribution in [-0.2, 0) is 25.1 Å². The number of benzene rings is 1.